The van der Waals surface area contributed by atoms with Gasteiger partial charge in [0.1, 0.15) is 5.56 Å². The van der Waals surface area contributed by atoms with E-state index in [1.807, 2.05) is 0 Å². The van der Waals surface area contributed by atoms with E-state index in [0.717, 1.165) is 18.2 Å². The third-order valence-electron chi connectivity index (χ3n) is 3.61. The molecule has 0 fully saturated rings. The number of aromatic carboxylic acids is 1. The first kappa shape index (κ1) is 18.7. The van der Waals surface area contributed by atoms with Gasteiger partial charge in [-0.15, -0.1) is 0 Å². The van der Waals surface area contributed by atoms with Crippen molar-refractivity contribution in [3.8, 4) is 34.5 Å². The van der Waals surface area contributed by atoms with E-state index in [1.165, 1.54) is 0 Å². The highest BCUT2D eigenvalue weighted by Gasteiger charge is 2.26. The van der Waals surface area contributed by atoms with Gasteiger partial charge in [0, 0.05) is 5.56 Å². The van der Waals surface area contributed by atoms with E-state index in [4.69, 9.17) is 4.74 Å². The van der Waals surface area contributed by atoms with Gasteiger partial charge >= 0.3 is 11.9 Å². The summed E-state index contributed by atoms with van der Waals surface area (Å²) in [4.78, 5) is 23.7. The predicted octanol–water partition coefficient (Wildman–Crippen LogP) is 2.08. The van der Waals surface area contributed by atoms with Crippen LogP contribution in [-0.4, -0.2) is 42.6 Å². The van der Waals surface area contributed by atoms with Crippen molar-refractivity contribution in [1.29, 1.82) is 0 Å². The van der Waals surface area contributed by atoms with Crippen LogP contribution < -0.4 is 4.74 Å². The number of phenols is 5. The van der Waals surface area contributed by atoms with Gasteiger partial charge < -0.3 is 35.4 Å². The largest absolute Gasteiger partial charge is 0.504 e. The van der Waals surface area contributed by atoms with E-state index in [-0.39, 0.29) is 17.5 Å². The second kappa shape index (κ2) is 7.09. The average Bonchev–Trinajstić information content (AvgIpc) is 2.58. The van der Waals surface area contributed by atoms with Crippen molar-refractivity contribution in [1.82, 2.24) is 0 Å². The van der Waals surface area contributed by atoms with Crippen molar-refractivity contribution in [3.63, 3.8) is 0 Å². The molecule has 26 heavy (non-hydrogen) atoms. The number of hydrogen-bond donors (Lipinski definition) is 6. The number of phenolic OH excluding ortho intramolecular Hbond substituents is 5. The van der Waals surface area contributed by atoms with Crippen molar-refractivity contribution < 1.29 is 45.0 Å². The number of carboxylic acid groups (broad SMARTS) is 1. The van der Waals surface area contributed by atoms with Crippen LogP contribution in [0, 0.1) is 0 Å². The summed E-state index contributed by atoms with van der Waals surface area (Å²) in [5, 5.41) is 57.5. The summed E-state index contributed by atoms with van der Waals surface area (Å²) in [7, 11) is 0. The predicted molar refractivity (Wildman–Crippen MR) is 87.1 cm³/mol. The second-order valence-corrected chi connectivity index (χ2v) is 5.37. The minimum Gasteiger partial charge on any atom is -0.504 e. The molecule has 0 amide bonds. The Labute approximate surface area is 147 Å². The van der Waals surface area contributed by atoms with Crippen LogP contribution in [0.3, 0.4) is 0 Å². The van der Waals surface area contributed by atoms with E-state index in [0.29, 0.717) is 6.42 Å². The number of esters is 1. The normalized spacial score (nSPS) is 10.5. The summed E-state index contributed by atoms with van der Waals surface area (Å²) < 4.78 is 5.00. The molecule has 0 aliphatic rings. The quantitative estimate of drug-likeness (QED) is 0.265. The molecular formula is C17H16O9. The number of carbonyl (C=O) groups excluding carboxylic acids is 1. The first-order valence-corrected chi connectivity index (χ1v) is 7.46. The molecule has 2 aromatic carbocycles. The van der Waals surface area contributed by atoms with Crippen molar-refractivity contribution in [3.05, 3.63) is 34.9 Å². The van der Waals surface area contributed by atoms with Gasteiger partial charge in [-0.2, -0.15) is 0 Å². The number of carbonyl (C=O) groups is 2. The molecule has 0 atom stereocenters. The Kier molecular flexibility index (Phi) is 5.11. The minimum atomic E-state index is -1.40. The molecule has 2 rings (SSSR count). The third-order valence-corrected chi connectivity index (χ3v) is 3.61. The lowest BCUT2D eigenvalue weighted by Crippen LogP contribution is -2.13. The van der Waals surface area contributed by atoms with Crippen LogP contribution in [0.4, 0.5) is 0 Å². The topological polar surface area (TPSA) is 165 Å². The zero-order chi connectivity index (χ0) is 19.6. The van der Waals surface area contributed by atoms with Crippen LogP contribution in [0.1, 0.15) is 39.6 Å². The Morgan fingerprint density at radius 1 is 0.923 bits per heavy atom. The van der Waals surface area contributed by atoms with Crippen molar-refractivity contribution in [2.24, 2.45) is 0 Å². The van der Waals surface area contributed by atoms with Gasteiger partial charge in [-0.1, -0.05) is 13.3 Å². The smallest absolute Gasteiger partial charge is 0.347 e. The standard InChI is InChI=1S/C17H16O9/c1-2-3-7-9(16(23)24)6-11(19)14(22)15(7)26-17(25)8-4-5-10(18)13(21)12(8)20/h4-6,18-22H,2-3H2,1H3,(H,23,24). The average molecular weight is 364 g/mol. The van der Waals surface area contributed by atoms with Gasteiger partial charge in [0.05, 0.1) is 5.56 Å². The van der Waals surface area contributed by atoms with E-state index in [9.17, 15) is 40.2 Å². The summed E-state index contributed by atoms with van der Waals surface area (Å²) in [5.74, 6) is -7.42. The van der Waals surface area contributed by atoms with Crippen LogP contribution in [0.2, 0.25) is 0 Å². The van der Waals surface area contributed by atoms with Crippen molar-refractivity contribution in [2.45, 2.75) is 19.8 Å². The Morgan fingerprint density at radius 2 is 1.58 bits per heavy atom. The lowest BCUT2D eigenvalue weighted by Gasteiger charge is -2.15. The van der Waals surface area contributed by atoms with Crippen LogP contribution in [0.5, 0.6) is 34.5 Å². The van der Waals surface area contributed by atoms with Gasteiger partial charge in [-0.05, 0) is 24.6 Å². The highest BCUT2D eigenvalue weighted by molar-refractivity contribution is 5.97. The molecule has 9 nitrogen and oxygen atoms in total. The number of ether oxygens (including phenoxy) is 1. The highest BCUT2D eigenvalue weighted by Crippen LogP contribution is 2.43. The minimum absolute atomic E-state index is 0.0221. The molecule has 6 N–H and O–H groups in total. The van der Waals surface area contributed by atoms with E-state index < -0.39 is 52.0 Å². The van der Waals surface area contributed by atoms with Crippen LogP contribution >= 0.6 is 0 Å². The molecule has 0 radical (unpaired) electrons. The molecule has 138 valence electrons. The third kappa shape index (κ3) is 3.27. The number of benzene rings is 2. The zero-order valence-corrected chi connectivity index (χ0v) is 13.6. The number of rotatable bonds is 5. The summed E-state index contributed by atoms with van der Waals surface area (Å²) in [5.41, 5.74) is -0.920. The Morgan fingerprint density at radius 3 is 2.15 bits per heavy atom. The Hall–Kier alpha value is -3.62. The van der Waals surface area contributed by atoms with E-state index in [2.05, 4.69) is 0 Å². The summed E-state index contributed by atoms with van der Waals surface area (Å²) >= 11 is 0. The van der Waals surface area contributed by atoms with E-state index in [1.54, 1.807) is 6.92 Å². The molecule has 0 aliphatic heterocycles. The van der Waals surface area contributed by atoms with Gasteiger partial charge in [0.2, 0.25) is 11.5 Å². The van der Waals surface area contributed by atoms with E-state index >= 15 is 0 Å². The maximum Gasteiger partial charge on any atom is 0.347 e. The Balaban J connectivity index is 2.56. The fourth-order valence-electron chi connectivity index (χ4n) is 2.35. The number of aromatic hydroxyl groups is 5. The fraction of sp³-hybridized carbons (Fsp3) is 0.176. The van der Waals surface area contributed by atoms with Gasteiger partial charge in [-0.3, -0.25) is 0 Å². The van der Waals surface area contributed by atoms with Gasteiger partial charge in [-0.25, -0.2) is 9.59 Å². The summed E-state index contributed by atoms with van der Waals surface area (Å²) in [6.45, 7) is 1.73. The molecule has 0 aromatic heterocycles. The first-order valence-electron chi connectivity index (χ1n) is 7.46. The second-order valence-electron chi connectivity index (χ2n) is 5.37. The molecule has 0 heterocycles. The van der Waals surface area contributed by atoms with Crippen molar-refractivity contribution in [2.75, 3.05) is 0 Å². The van der Waals surface area contributed by atoms with Gasteiger partial charge in [0.25, 0.3) is 0 Å². The molecule has 2 aromatic rings. The molecule has 9 heteroatoms. The Bertz CT molecular complexity index is 887. The highest BCUT2D eigenvalue weighted by atomic mass is 16.5. The molecule has 0 spiro atoms. The van der Waals surface area contributed by atoms with Crippen LogP contribution in [0.25, 0.3) is 0 Å². The zero-order valence-electron chi connectivity index (χ0n) is 13.6. The van der Waals surface area contributed by atoms with Crippen LogP contribution in [0.15, 0.2) is 18.2 Å². The first-order chi connectivity index (χ1) is 12.2. The molecule has 0 aliphatic carbocycles. The van der Waals surface area contributed by atoms with Crippen LogP contribution in [-0.2, 0) is 6.42 Å². The maximum atomic E-state index is 12.3. The van der Waals surface area contributed by atoms with Crippen molar-refractivity contribution >= 4 is 11.9 Å². The molecular weight excluding hydrogens is 348 g/mol. The molecule has 0 unspecified atom stereocenters. The molecule has 0 bridgehead atoms. The summed E-state index contributed by atoms with van der Waals surface area (Å²) in [6.07, 6.45) is 0.561. The maximum absolute atomic E-state index is 12.3. The number of carboxylic acids is 1. The molecule has 0 saturated carbocycles. The fourth-order valence-corrected chi connectivity index (χ4v) is 2.35. The summed E-state index contributed by atoms with van der Waals surface area (Å²) in [6, 6.07) is 2.73. The molecule has 0 saturated heterocycles. The van der Waals surface area contributed by atoms with Gasteiger partial charge in [0.15, 0.2) is 23.0 Å². The SMILES string of the molecule is CCCc1c(C(=O)O)cc(O)c(O)c1OC(=O)c1ccc(O)c(O)c1O. The number of hydrogen-bond acceptors (Lipinski definition) is 8. The lowest BCUT2D eigenvalue weighted by atomic mass is 10.0. The monoisotopic (exact) mass is 364 g/mol. The lowest BCUT2D eigenvalue weighted by molar-refractivity contribution is 0.0681.